The first kappa shape index (κ1) is 23.0. The normalized spacial score (nSPS) is 17.9. The van der Waals surface area contributed by atoms with E-state index >= 15 is 0 Å². The number of aromatic nitrogens is 3. The molecule has 5 rings (SSSR count). The topological polar surface area (TPSA) is 101 Å². The highest BCUT2D eigenvalue weighted by atomic mass is 16.5. The van der Waals surface area contributed by atoms with Gasteiger partial charge in [0, 0.05) is 43.3 Å². The molecular formula is C26H29N5O4. The van der Waals surface area contributed by atoms with Gasteiger partial charge in [-0.25, -0.2) is 0 Å². The lowest BCUT2D eigenvalue weighted by molar-refractivity contribution is -0.132. The highest BCUT2D eigenvalue weighted by molar-refractivity contribution is 5.96. The first-order chi connectivity index (χ1) is 17.1. The van der Waals surface area contributed by atoms with E-state index in [4.69, 9.17) is 9.47 Å². The van der Waals surface area contributed by atoms with Crippen molar-refractivity contribution in [2.45, 2.75) is 38.5 Å². The van der Waals surface area contributed by atoms with E-state index in [9.17, 15) is 9.59 Å². The van der Waals surface area contributed by atoms with Crippen molar-refractivity contribution in [2.24, 2.45) is 0 Å². The summed E-state index contributed by atoms with van der Waals surface area (Å²) in [6.45, 7) is 1.46. The number of methoxy groups -OCH3 is 1. The van der Waals surface area contributed by atoms with Crippen LogP contribution in [0, 0.1) is 0 Å². The molecule has 2 aromatic heterocycles. The molecule has 0 saturated carbocycles. The van der Waals surface area contributed by atoms with Crippen molar-refractivity contribution in [2.75, 3.05) is 26.7 Å². The minimum Gasteiger partial charge on any atom is -0.497 e. The number of H-pyrrole nitrogens is 1. The van der Waals surface area contributed by atoms with Crippen molar-refractivity contribution >= 4 is 11.8 Å². The number of hydrogen-bond donors (Lipinski definition) is 1. The lowest BCUT2D eigenvalue weighted by Gasteiger charge is -2.25. The molecule has 0 radical (unpaired) electrons. The number of aromatic amines is 1. The summed E-state index contributed by atoms with van der Waals surface area (Å²) >= 11 is 0. The Morgan fingerprint density at radius 3 is 2.77 bits per heavy atom. The van der Waals surface area contributed by atoms with Gasteiger partial charge in [-0.15, -0.1) is 0 Å². The summed E-state index contributed by atoms with van der Waals surface area (Å²) in [7, 11) is 1.62. The summed E-state index contributed by atoms with van der Waals surface area (Å²) < 4.78 is 11.5. The highest BCUT2D eigenvalue weighted by Crippen LogP contribution is 2.25. The monoisotopic (exact) mass is 475 g/mol. The highest BCUT2D eigenvalue weighted by Gasteiger charge is 2.34. The molecule has 1 fully saturated rings. The van der Waals surface area contributed by atoms with Crippen LogP contribution in [0.25, 0.3) is 0 Å². The van der Waals surface area contributed by atoms with Crippen molar-refractivity contribution in [3.05, 3.63) is 76.9 Å². The van der Waals surface area contributed by atoms with E-state index in [1.807, 2.05) is 36.4 Å². The minimum atomic E-state index is -0.351. The van der Waals surface area contributed by atoms with E-state index in [-0.39, 0.29) is 24.5 Å². The van der Waals surface area contributed by atoms with E-state index in [0.29, 0.717) is 31.9 Å². The number of rotatable bonds is 7. The number of aryl methyl sites for hydroxylation is 1. The van der Waals surface area contributed by atoms with Crippen LogP contribution in [-0.2, 0) is 35.5 Å². The van der Waals surface area contributed by atoms with Crippen molar-refractivity contribution in [3.63, 3.8) is 0 Å². The van der Waals surface area contributed by atoms with Crippen LogP contribution in [0.5, 0.6) is 5.75 Å². The molecular weight excluding hydrogens is 446 g/mol. The quantitative estimate of drug-likeness (QED) is 0.563. The van der Waals surface area contributed by atoms with Gasteiger partial charge >= 0.3 is 0 Å². The van der Waals surface area contributed by atoms with Crippen molar-refractivity contribution in [1.82, 2.24) is 25.0 Å². The molecule has 0 bridgehead atoms. The van der Waals surface area contributed by atoms with Gasteiger partial charge in [-0.2, -0.15) is 5.10 Å². The van der Waals surface area contributed by atoms with Crippen molar-refractivity contribution < 1.29 is 19.1 Å². The molecule has 2 amide bonds. The van der Waals surface area contributed by atoms with Crippen LogP contribution in [0.1, 0.15) is 39.3 Å². The summed E-state index contributed by atoms with van der Waals surface area (Å²) in [5, 5.41) is 7.29. The Labute approximate surface area is 204 Å². The first-order valence-electron chi connectivity index (χ1n) is 11.9. The van der Waals surface area contributed by atoms with Crippen LogP contribution in [0.15, 0.2) is 48.8 Å². The molecule has 1 atom stereocenters. The number of benzene rings is 1. The van der Waals surface area contributed by atoms with Gasteiger partial charge in [0.15, 0.2) is 5.69 Å². The lowest BCUT2D eigenvalue weighted by Crippen LogP contribution is -2.40. The number of hydrogen-bond acceptors (Lipinski definition) is 6. The second-order valence-electron chi connectivity index (χ2n) is 8.99. The fraction of sp³-hybridized carbons (Fsp3) is 0.385. The average molecular weight is 476 g/mol. The van der Waals surface area contributed by atoms with Crippen molar-refractivity contribution in [1.29, 1.82) is 0 Å². The number of pyridine rings is 1. The maximum absolute atomic E-state index is 13.5. The van der Waals surface area contributed by atoms with Gasteiger partial charge in [0.05, 0.1) is 19.8 Å². The summed E-state index contributed by atoms with van der Waals surface area (Å²) in [4.78, 5) is 34.2. The average Bonchev–Trinajstić information content (AvgIpc) is 3.47. The molecule has 2 aliphatic rings. The maximum Gasteiger partial charge on any atom is 0.275 e. The third-order valence-electron chi connectivity index (χ3n) is 6.56. The van der Waals surface area contributed by atoms with E-state index in [1.165, 1.54) is 0 Å². The number of fused-ring (bicyclic) bond motifs is 1. The lowest BCUT2D eigenvalue weighted by atomic mass is 10.1. The first-order valence-corrected chi connectivity index (χ1v) is 11.9. The number of amides is 2. The van der Waals surface area contributed by atoms with Gasteiger partial charge in [0.25, 0.3) is 5.91 Å². The van der Waals surface area contributed by atoms with Gasteiger partial charge in [0.1, 0.15) is 12.3 Å². The van der Waals surface area contributed by atoms with E-state index in [2.05, 4.69) is 15.2 Å². The van der Waals surface area contributed by atoms with Crippen LogP contribution in [0.2, 0.25) is 0 Å². The molecule has 1 aromatic carbocycles. The van der Waals surface area contributed by atoms with Gasteiger partial charge in [-0.3, -0.25) is 19.7 Å². The molecule has 1 aliphatic heterocycles. The van der Waals surface area contributed by atoms with E-state index in [0.717, 1.165) is 47.4 Å². The Kier molecular flexibility index (Phi) is 6.76. The number of nitrogens with one attached hydrogen (secondary N) is 1. The molecule has 3 aromatic rings. The van der Waals surface area contributed by atoms with Crippen molar-refractivity contribution in [3.8, 4) is 5.75 Å². The zero-order chi connectivity index (χ0) is 24.2. The number of ether oxygens (including phenoxy) is 2. The molecule has 9 nitrogen and oxygen atoms in total. The Hall–Kier alpha value is -3.72. The molecule has 182 valence electrons. The van der Waals surface area contributed by atoms with Gasteiger partial charge < -0.3 is 19.3 Å². The number of carbonyl (C=O) groups excluding carboxylic acids is 2. The second kappa shape index (κ2) is 10.3. The second-order valence-corrected chi connectivity index (χ2v) is 8.99. The largest absolute Gasteiger partial charge is 0.497 e. The van der Waals surface area contributed by atoms with Gasteiger partial charge in [-0.05, 0) is 48.6 Å². The van der Waals surface area contributed by atoms with Crippen LogP contribution in [0.3, 0.4) is 0 Å². The number of nitrogens with zero attached hydrogens (tertiary/aromatic N) is 4. The van der Waals surface area contributed by atoms with Crippen LogP contribution in [0.4, 0.5) is 0 Å². The Morgan fingerprint density at radius 2 is 2.00 bits per heavy atom. The Balaban J connectivity index is 1.35. The molecule has 1 unspecified atom stereocenters. The fourth-order valence-electron chi connectivity index (χ4n) is 4.69. The predicted octanol–water partition coefficient (Wildman–Crippen LogP) is 2.37. The van der Waals surface area contributed by atoms with E-state index in [1.54, 1.807) is 29.3 Å². The van der Waals surface area contributed by atoms with Crippen LogP contribution in [-0.4, -0.2) is 69.6 Å². The summed E-state index contributed by atoms with van der Waals surface area (Å²) in [6, 6.07) is 11.4. The minimum absolute atomic E-state index is 0.0105. The zero-order valence-electron chi connectivity index (χ0n) is 19.8. The molecule has 35 heavy (non-hydrogen) atoms. The molecule has 1 aliphatic carbocycles. The molecule has 1 saturated heterocycles. The van der Waals surface area contributed by atoms with Crippen LogP contribution < -0.4 is 4.74 Å². The molecule has 3 heterocycles. The molecule has 9 heteroatoms. The third kappa shape index (κ3) is 5.19. The maximum atomic E-state index is 13.5. The summed E-state index contributed by atoms with van der Waals surface area (Å²) in [5.41, 5.74) is 4.36. The summed E-state index contributed by atoms with van der Waals surface area (Å²) in [6.07, 6.45) is 5.87. The summed E-state index contributed by atoms with van der Waals surface area (Å²) in [5.74, 6) is 0.421. The fourth-order valence-corrected chi connectivity index (χ4v) is 4.69. The zero-order valence-corrected chi connectivity index (χ0v) is 19.8. The Morgan fingerprint density at radius 1 is 1.14 bits per heavy atom. The standard InChI is InChI=1S/C26H29N5O4/c1-34-20-9-7-18(8-10-20)13-30-14-21(35-17-19-4-3-11-27-12-19)15-31(16-24(30)32)26(33)25-22-5-2-6-23(22)28-29-25/h3-4,7-12,21H,2,5-6,13-17H2,1H3,(H,28,29). The van der Waals surface area contributed by atoms with Gasteiger partial charge in [-0.1, -0.05) is 18.2 Å². The van der Waals surface area contributed by atoms with E-state index < -0.39 is 0 Å². The predicted molar refractivity (Wildman–Crippen MR) is 128 cm³/mol. The smallest absolute Gasteiger partial charge is 0.275 e. The Bertz CT molecular complexity index is 1180. The third-order valence-corrected chi connectivity index (χ3v) is 6.56. The molecule has 0 spiro atoms. The SMILES string of the molecule is COc1ccc(CN2CC(OCc3cccnc3)CN(C(=O)c3n[nH]c4c3CCC4)CC2=O)cc1. The molecule has 1 N–H and O–H groups in total. The van der Waals surface area contributed by atoms with Gasteiger partial charge in [0.2, 0.25) is 5.91 Å². The number of carbonyl (C=O) groups is 2. The van der Waals surface area contributed by atoms with Crippen LogP contribution >= 0.6 is 0 Å².